The van der Waals surface area contributed by atoms with Crippen LogP contribution in [-0.4, -0.2) is 52.3 Å². The number of amides is 3. The number of likely N-dealkylation sites (N-methyl/N-ethyl adjacent to an activating group) is 1. The molecule has 1 aromatic rings. The molecule has 7 nitrogen and oxygen atoms in total. The molecule has 2 rings (SSSR count). The van der Waals surface area contributed by atoms with Gasteiger partial charge >= 0.3 is 6.03 Å². The van der Waals surface area contributed by atoms with E-state index in [0.29, 0.717) is 32.6 Å². The number of aromatic nitrogens is 2. The molecule has 1 aliphatic rings. The quantitative estimate of drug-likeness (QED) is 0.810. The summed E-state index contributed by atoms with van der Waals surface area (Å²) in [6.07, 6.45) is 3.20. The zero-order valence-electron chi connectivity index (χ0n) is 14.8. The molecule has 1 aliphatic heterocycles. The number of carbonyl (C=O) groups excluding carboxylic acids is 2. The van der Waals surface area contributed by atoms with E-state index in [1.54, 1.807) is 20.7 Å². The molecule has 0 spiro atoms. The minimum atomic E-state index is -0.495. The third-order valence-electron chi connectivity index (χ3n) is 4.14. The molecule has 0 radical (unpaired) electrons. The van der Waals surface area contributed by atoms with Crippen molar-refractivity contribution in [2.24, 2.45) is 0 Å². The van der Waals surface area contributed by atoms with Crippen molar-refractivity contribution >= 4 is 17.8 Å². The molecule has 7 heteroatoms. The largest absolute Gasteiger partial charge is 0.326 e. The Morgan fingerprint density at radius 1 is 1.50 bits per heavy atom. The number of hydrogen-bond acceptors (Lipinski definition) is 3. The maximum absolute atomic E-state index is 12.8. The summed E-state index contributed by atoms with van der Waals surface area (Å²) in [5.41, 5.74) is 0.912. The van der Waals surface area contributed by atoms with Crippen molar-refractivity contribution in [3.63, 3.8) is 0 Å². The van der Waals surface area contributed by atoms with Crippen LogP contribution in [0.5, 0.6) is 0 Å². The molecule has 2 heterocycles. The highest BCUT2D eigenvalue weighted by Gasteiger charge is 2.32. The average molecular weight is 333 g/mol. The van der Waals surface area contributed by atoms with Crippen molar-refractivity contribution < 1.29 is 9.59 Å². The number of rotatable bonds is 6. The van der Waals surface area contributed by atoms with E-state index >= 15 is 0 Å². The third-order valence-corrected chi connectivity index (χ3v) is 4.14. The van der Waals surface area contributed by atoms with Crippen LogP contribution in [0.2, 0.25) is 0 Å². The average Bonchev–Trinajstić information content (AvgIpc) is 3.02. The number of urea groups is 1. The fourth-order valence-electron chi connectivity index (χ4n) is 2.93. The van der Waals surface area contributed by atoms with Gasteiger partial charge in [0.2, 0.25) is 0 Å². The Morgan fingerprint density at radius 2 is 2.25 bits per heavy atom. The Morgan fingerprint density at radius 3 is 2.88 bits per heavy atom. The lowest BCUT2D eigenvalue weighted by molar-refractivity contribution is -0.121. The Kier molecular flexibility index (Phi) is 6.00. The van der Waals surface area contributed by atoms with Gasteiger partial charge in [-0.1, -0.05) is 12.2 Å². The Hall–Kier alpha value is -2.31. The van der Waals surface area contributed by atoms with Crippen LogP contribution in [0.15, 0.2) is 24.4 Å². The molecule has 1 saturated heterocycles. The normalized spacial score (nSPS) is 17.7. The molecule has 1 N–H and O–H groups in total. The van der Waals surface area contributed by atoms with Gasteiger partial charge in [0.15, 0.2) is 0 Å². The third kappa shape index (κ3) is 3.96. The SMILES string of the molecule is C=C(C)CN(CC)C(=O)N[C@H]1CCCN(c2ccnn2CC)C1=O. The van der Waals surface area contributed by atoms with E-state index in [0.717, 1.165) is 17.8 Å². The Bertz CT molecular complexity index is 610. The van der Waals surface area contributed by atoms with E-state index in [4.69, 9.17) is 0 Å². The lowest BCUT2D eigenvalue weighted by Gasteiger charge is -2.33. The number of carbonyl (C=O) groups is 2. The number of hydrogen-bond donors (Lipinski definition) is 1. The summed E-state index contributed by atoms with van der Waals surface area (Å²) in [5, 5.41) is 7.10. The zero-order chi connectivity index (χ0) is 17.7. The van der Waals surface area contributed by atoms with Gasteiger partial charge in [-0.15, -0.1) is 0 Å². The van der Waals surface area contributed by atoms with Gasteiger partial charge in [-0.2, -0.15) is 5.10 Å². The fourth-order valence-corrected chi connectivity index (χ4v) is 2.93. The number of nitrogens with one attached hydrogen (secondary N) is 1. The van der Waals surface area contributed by atoms with Gasteiger partial charge in [0, 0.05) is 32.2 Å². The first-order valence-corrected chi connectivity index (χ1v) is 8.50. The van der Waals surface area contributed by atoms with Gasteiger partial charge in [0.25, 0.3) is 5.91 Å². The molecule has 24 heavy (non-hydrogen) atoms. The predicted octanol–water partition coefficient (Wildman–Crippen LogP) is 2.01. The lowest BCUT2D eigenvalue weighted by atomic mass is 10.0. The van der Waals surface area contributed by atoms with Gasteiger partial charge in [-0.25, -0.2) is 9.48 Å². The molecular weight excluding hydrogens is 306 g/mol. The molecule has 1 aromatic heterocycles. The van der Waals surface area contributed by atoms with E-state index < -0.39 is 6.04 Å². The van der Waals surface area contributed by atoms with Crippen LogP contribution in [0.1, 0.15) is 33.6 Å². The number of nitrogens with zero attached hydrogens (tertiary/aromatic N) is 4. The van der Waals surface area contributed by atoms with Crippen LogP contribution in [0.25, 0.3) is 0 Å². The van der Waals surface area contributed by atoms with Crippen molar-refractivity contribution in [2.45, 2.75) is 46.2 Å². The van der Waals surface area contributed by atoms with E-state index in [9.17, 15) is 9.59 Å². The van der Waals surface area contributed by atoms with E-state index in [1.807, 2.05) is 26.8 Å². The van der Waals surface area contributed by atoms with Crippen LogP contribution in [-0.2, 0) is 11.3 Å². The lowest BCUT2D eigenvalue weighted by Crippen LogP contribution is -2.55. The number of anilines is 1. The standard InChI is InChI=1S/C17H27N5O2/c1-5-20(12-13(3)4)17(24)19-14-8-7-11-21(16(14)23)15-9-10-18-22(15)6-2/h9-10,14H,3,5-8,11-12H2,1-2,4H3,(H,19,24)/t14-/m0/s1. The monoisotopic (exact) mass is 333 g/mol. The highest BCUT2D eigenvalue weighted by molar-refractivity contribution is 5.99. The van der Waals surface area contributed by atoms with Gasteiger partial charge in [0.05, 0.1) is 6.20 Å². The van der Waals surface area contributed by atoms with Crippen LogP contribution >= 0.6 is 0 Å². The number of piperidine rings is 1. The maximum atomic E-state index is 12.8. The predicted molar refractivity (Wildman–Crippen MR) is 93.9 cm³/mol. The Labute approximate surface area is 143 Å². The Balaban J connectivity index is 2.07. The van der Waals surface area contributed by atoms with Crippen LogP contribution in [0, 0.1) is 0 Å². The zero-order valence-corrected chi connectivity index (χ0v) is 14.8. The fraction of sp³-hybridized carbons (Fsp3) is 0.588. The summed E-state index contributed by atoms with van der Waals surface area (Å²) < 4.78 is 1.79. The second-order valence-corrected chi connectivity index (χ2v) is 6.11. The second kappa shape index (κ2) is 7.99. The van der Waals surface area contributed by atoms with E-state index in [2.05, 4.69) is 17.0 Å². The highest BCUT2D eigenvalue weighted by Crippen LogP contribution is 2.21. The van der Waals surface area contributed by atoms with Crippen LogP contribution < -0.4 is 10.2 Å². The van der Waals surface area contributed by atoms with E-state index in [1.165, 1.54) is 0 Å². The van der Waals surface area contributed by atoms with Gasteiger partial charge < -0.3 is 10.2 Å². The molecular formula is C17H27N5O2. The summed E-state index contributed by atoms with van der Waals surface area (Å²) in [7, 11) is 0. The van der Waals surface area contributed by atoms with Crippen molar-refractivity contribution in [2.75, 3.05) is 24.5 Å². The summed E-state index contributed by atoms with van der Waals surface area (Å²) in [5.74, 6) is 0.715. The summed E-state index contributed by atoms with van der Waals surface area (Å²) in [6, 6.07) is 1.13. The minimum Gasteiger partial charge on any atom is -0.326 e. The molecule has 0 unspecified atom stereocenters. The van der Waals surface area contributed by atoms with Gasteiger partial charge in [0.1, 0.15) is 11.9 Å². The molecule has 0 aromatic carbocycles. The van der Waals surface area contributed by atoms with Crippen molar-refractivity contribution in [3.05, 3.63) is 24.4 Å². The highest BCUT2D eigenvalue weighted by atomic mass is 16.2. The maximum Gasteiger partial charge on any atom is 0.318 e. The van der Waals surface area contributed by atoms with Crippen LogP contribution in [0.3, 0.4) is 0 Å². The van der Waals surface area contributed by atoms with Gasteiger partial charge in [-0.3, -0.25) is 9.69 Å². The molecule has 1 fully saturated rings. The van der Waals surface area contributed by atoms with Crippen molar-refractivity contribution in [1.29, 1.82) is 0 Å². The molecule has 0 saturated carbocycles. The molecule has 0 aliphatic carbocycles. The van der Waals surface area contributed by atoms with Crippen molar-refractivity contribution in [3.8, 4) is 0 Å². The first-order valence-electron chi connectivity index (χ1n) is 8.50. The summed E-state index contributed by atoms with van der Waals surface area (Å²) >= 11 is 0. The summed E-state index contributed by atoms with van der Waals surface area (Å²) in [4.78, 5) is 28.6. The van der Waals surface area contributed by atoms with E-state index in [-0.39, 0.29) is 11.9 Å². The first-order chi connectivity index (χ1) is 11.5. The minimum absolute atomic E-state index is 0.0730. The molecule has 132 valence electrons. The van der Waals surface area contributed by atoms with Gasteiger partial charge in [-0.05, 0) is 33.6 Å². The van der Waals surface area contributed by atoms with Crippen LogP contribution in [0.4, 0.5) is 10.6 Å². The molecule has 3 amide bonds. The number of aryl methyl sites for hydroxylation is 1. The summed E-state index contributed by atoms with van der Waals surface area (Å²) in [6.45, 7) is 12.1. The van der Waals surface area contributed by atoms with Crippen molar-refractivity contribution in [1.82, 2.24) is 20.0 Å². The first kappa shape index (κ1) is 18.0. The topological polar surface area (TPSA) is 70.5 Å². The molecule has 1 atom stereocenters. The molecule has 0 bridgehead atoms. The second-order valence-electron chi connectivity index (χ2n) is 6.11. The smallest absolute Gasteiger partial charge is 0.318 e.